The Kier molecular flexibility index (Phi) is 11.3. The van der Waals surface area contributed by atoms with E-state index in [2.05, 4.69) is 29.5 Å². The number of aliphatic imine (C=N–C) groups is 1. The minimum Gasteiger partial charge on any atom is -0.379 e. The van der Waals surface area contributed by atoms with Crippen LogP contribution >= 0.6 is 24.0 Å². The highest BCUT2D eigenvalue weighted by atomic mass is 127. The second-order valence-electron chi connectivity index (χ2n) is 5.37. The molecular formula is C13H29IN4O3S. The SMILES string of the molecule is CCNC(=NCC(C)C)NCCS(=O)(=O)N1CCOCC1.I. The number of guanidine groups is 1. The molecule has 0 saturated carbocycles. The molecule has 2 N–H and O–H groups in total. The van der Waals surface area contributed by atoms with Gasteiger partial charge in [-0.25, -0.2) is 8.42 Å². The fraction of sp³-hybridized carbons (Fsp3) is 0.923. The smallest absolute Gasteiger partial charge is 0.215 e. The number of rotatable bonds is 7. The third-order valence-electron chi connectivity index (χ3n) is 2.97. The van der Waals surface area contributed by atoms with Crippen molar-refractivity contribution >= 4 is 40.0 Å². The zero-order chi connectivity index (χ0) is 15.7. The highest BCUT2D eigenvalue weighted by Gasteiger charge is 2.23. The van der Waals surface area contributed by atoms with E-state index in [1.54, 1.807) is 0 Å². The molecule has 1 fully saturated rings. The molecule has 7 nitrogen and oxygen atoms in total. The van der Waals surface area contributed by atoms with E-state index in [0.29, 0.717) is 51.3 Å². The van der Waals surface area contributed by atoms with Gasteiger partial charge in [0.05, 0.1) is 19.0 Å². The minimum absolute atomic E-state index is 0. The van der Waals surface area contributed by atoms with E-state index in [0.717, 1.165) is 6.54 Å². The summed E-state index contributed by atoms with van der Waals surface area (Å²) >= 11 is 0. The zero-order valence-corrected chi connectivity index (χ0v) is 16.8. The van der Waals surface area contributed by atoms with Gasteiger partial charge in [-0.1, -0.05) is 13.8 Å². The van der Waals surface area contributed by atoms with Crippen molar-refractivity contribution in [2.24, 2.45) is 10.9 Å². The maximum absolute atomic E-state index is 12.2. The standard InChI is InChI=1S/C13H28N4O3S.HI/c1-4-14-13(16-11-12(2)3)15-5-10-21(18,19)17-6-8-20-9-7-17;/h12H,4-11H2,1-3H3,(H2,14,15,16);1H. The average Bonchev–Trinajstić information content (AvgIpc) is 2.45. The van der Waals surface area contributed by atoms with Crippen LogP contribution in [-0.4, -0.2) is 70.4 Å². The predicted octanol–water partition coefficient (Wildman–Crippen LogP) is 0.478. The van der Waals surface area contributed by atoms with Gasteiger partial charge in [-0.2, -0.15) is 4.31 Å². The average molecular weight is 448 g/mol. The molecule has 0 aromatic heterocycles. The molecule has 0 bridgehead atoms. The molecule has 0 atom stereocenters. The molecule has 1 aliphatic rings. The van der Waals surface area contributed by atoms with Gasteiger partial charge in [0.2, 0.25) is 10.0 Å². The molecule has 0 spiro atoms. The summed E-state index contributed by atoms with van der Waals surface area (Å²) in [4.78, 5) is 4.41. The van der Waals surface area contributed by atoms with Crippen molar-refractivity contribution < 1.29 is 13.2 Å². The first kappa shape index (κ1) is 21.9. The van der Waals surface area contributed by atoms with Gasteiger partial charge in [-0.3, -0.25) is 4.99 Å². The van der Waals surface area contributed by atoms with Crippen molar-refractivity contribution in [2.45, 2.75) is 20.8 Å². The van der Waals surface area contributed by atoms with Gasteiger partial charge in [0.25, 0.3) is 0 Å². The lowest BCUT2D eigenvalue weighted by Crippen LogP contribution is -2.45. The molecule has 0 amide bonds. The van der Waals surface area contributed by atoms with Crippen LogP contribution in [0.1, 0.15) is 20.8 Å². The number of nitrogens with one attached hydrogen (secondary N) is 2. The number of hydrogen-bond acceptors (Lipinski definition) is 4. The highest BCUT2D eigenvalue weighted by molar-refractivity contribution is 14.0. The number of sulfonamides is 1. The predicted molar refractivity (Wildman–Crippen MR) is 100 cm³/mol. The fourth-order valence-corrected chi connectivity index (χ4v) is 3.19. The fourth-order valence-electron chi connectivity index (χ4n) is 1.87. The molecule has 0 aliphatic carbocycles. The second kappa shape index (κ2) is 11.4. The molecule has 1 heterocycles. The molecule has 0 aromatic rings. The van der Waals surface area contributed by atoms with Crippen LogP contribution in [-0.2, 0) is 14.8 Å². The number of hydrogen-bond donors (Lipinski definition) is 2. The Labute approximate surface area is 151 Å². The van der Waals surface area contributed by atoms with E-state index in [1.165, 1.54) is 4.31 Å². The summed E-state index contributed by atoms with van der Waals surface area (Å²) in [5.74, 6) is 1.21. The largest absolute Gasteiger partial charge is 0.379 e. The van der Waals surface area contributed by atoms with Crippen LogP contribution in [0.2, 0.25) is 0 Å². The van der Waals surface area contributed by atoms with Crippen LogP contribution < -0.4 is 10.6 Å². The summed E-state index contributed by atoms with van der Waals surface area (Å²) in [5.41, 5.74) is 0. The number of halogens is 1. The van der Waals surface area contributed by atoms with Crippen molar-refractivity contribution in [1.29, 1.82) is 0 Å². The normalized spacial score (nSPS) is 17.2. The van der Waals surface area contributed by atoms with E-state index < -0.39 is 10.0 Å². The van der Waals surface area contributed by atoms with Crippen LogP contribution in [0, 0.1) is 5.92 Å². The molecule has 1 saturated heterocycles. The molecule has 0 radical (unpaired) electrons. The van der Waals surface area contributed by atoms with Crippen molar-refractivity contribution in [3.8, 4) is 0 Å². The van der Waals surface area contributed by atoms with Crippen LogP contribution in [0.3, 0.4) is 0 Å². The van der Waals surface area contributed by atoms with Gasteiger partial charge in [0.1, 0.15) is 0 Å². The molecule has 0 unspecified atom stereocenters. The van der Waals surface area contributed by atoms with Gasteiger partial charge in [-0.15, -0.1) is 24.0 Å². The summed E-state index contributed by atoms with van der Waals surface area (Å²) < 4.78 is 31.0. The maximum Gasteiger partial charge on any atom is 0.215 e. The molecule has 1 aliphatic heterocycles. The van der Waals surface area contributed by atoms with Gasteiger partial charge in [0.15, 0.2) is 5.96 Å². The second-order valence-corrected chi connectivity index (χ2v) is 7.46. The first-order chi connectivity index (χ1) is 9.95. The van der Waals surface area contributed by atoms with E-state index in [-0.39, 0.29) is 29.7 Å². The summed E-state index contributed by atoms with van der Waals surface area (Å²) in [6.45, 7) is 9.84. The third-order valence-corrected chi connectivity index (χ3v) is 4.85. The van der Waals surface area contributed by atoms with E-state index >= 15 is 0 Å². The minimum atomic E-state index is -3.22. The first-order valence-corrected chi connectivity index (χ1v) is 9.14. The topological polar surface area (TPSA) is 83.0 Å². The van der Waals surface area contributed by atoms with Crippen LogP contribution in [0.4, 0.5) is 0 Å². The Morgan fingerprint density at radius 1 is 1.27 bits per heavy atom. The lowest BCUT2D eigenvalue weighted by molar-refractivity contribution is 0.0730. The summed E-state index contributed by atoms with van der Waals surface area (Å²) in [7, 11) is -3.22. The molecule has 0 aromatic carbocycles. The van der Waals surface area contributed by atoms with E-state index in [9.17, 15) is 8.42 Å². The van der Waals surface area contributed by atoms with Crippen LogP contribution in [0.25, 0.3) is 0 Å². The van der Waals surface area contributed by atoms with Crippen molar-refractivity contribution in [1.82, 2.24) is 14.9 Å². The van der Waals surface area contributed by atoms with E-state index in [4.69, 9.17) is 4.74 Å². The molecule has 132 valence electrons. The van der Waals surface area contributed by atoms with Crippen LogP contribution in [0.15, 0.2) is 4.99 Å². The van der Waals surface area contributed by atoms with Gasteiger partial charge >= 0.3 is 0 Å². The highest BCUT2D eigenvalue weighted by Crippen LogP contribution is 2.04. The van der Waals surface area contributed by atoms with Crippen molar-refractivity contribution in [3.05, 3.63) is 0 Å². The molecular weight excluding hydrogens is 419 g/mol. The van der Waals surface area contributed by atoms with Gasteiger partial charge in [-0.05, 0) is 12.8 Å². The summed E-state index contributed by atoms with van der Waals surface area (Å²) in [6, 6.07) is 0. The lowest BCUT2D eigenvalue weighted by Gasteiger charge is -2.26. The monoisotopic (exact) mass is 448 g/mol. The zero-order valence-electron chi connectivity index (χ0n) is 13.7. The Balaban J connectivity index is 0.00000441. The third kappa shape index (κ3) is 8.49. The van der Waals surface area contributed by atoms with Crippen molar-refractivity contribution in [3.63, 3.8) is 0 Å². The Hall–Kier alpha value is -0.130. The summed E-state index contributed by atoms with van der Waals surface area (Å²) in [5, 5.41) is 6.19. The number of nitrogens with zero attached hydrogens (tertiary/aromatic N) is 2. The quantitative estimate of drug-likeness (QED) is 0.336. The lowest BCUT2D eigenvalue weighted by atomic mass is 10.2. The molecule has 9 heteroatoms. The first-order valence-electron chi connectivity index (χ1n) is 7.53. The number of morpholine rings is 1. The maximum atomic E-state index is 12.2. The van der Waals surface area contributed by atoms with Crippen LogP contribution in [0.5, 0.6) is 0 Å². The Morgan fingerprint density at radius 2 is 1.91 bits per heavy atom. The summed E-state index contributed by atoms with van der Waals surface area (Å²) in [6.07, 6.45) is 0. The van der Waals surface area contributed by atoms with Crippen molar-refractivity contribution in [2.75, 3.05) is 51.7 Å². The van der Waals surface area contributed by atoms with Gasteiger partial charge in [0, 0.05) is 32.7 Å². The Bertz CT molecular complexity index is 423. The van der Waals surface area contributed by atoms with Gasteiger partial charge < -0.3 is 15.4 Å². The van der Waals surface area contributed by atoms with E-state index in [1.807, 2.05) is 6.92 Å². The Morgan fingerprint density at radius 3 is 2.45 bits per heavy atom. The molecule has 1 rings (SSSR count). The number of ether oxygens (including phenoxy) is 1. The molecule has 22 heavy (non-hydrogen) atoms.